The monoisotopic (exact) mass is 254 g/mol. The summed E-state index contributed by atoms with van der Waals surface area (Å²) in [5.41, 5.74) is 0. The quantitative estimate of drug-likeness (QED) is 0.673. The van der Waals surface area contributed by atoms with E-state index in [1.54, 1.807) is 0 Å². The molecule has 4 nitrogen and oxygen atoms in total. The normalized spacial score (nSPS) is 30.1. The third kappa shape index (κ3) is 3.69. The van der Waals surface area contributed by atoms with E-state index in [0.29, 0.717) is 18.0 Å². The SMILES string of the molecule is CC(C)COCCCNC(=O)C1CC2CCC1N2. The first-order valence-electron chi connectivity index (χ1n) is 7.28. The van der Waals surface area contributed by atoms with Crippen molar-refractivity contribution in [3.63, 3.8) is 0 Å². The average Bonchev–Trinajstić information content (AvgIpc) is 2.94. The van der Waals surface area contributed by atoms with Gasteiger partial charge in [-0.3, -0.25) is 4.79 Å². The van der Waals surface area contributed by atoms with E-state index in [0.717, 1.165) is 32.6 Å². The summed E-state index contributed by atoms with van der Waals surface area (Å²) in [5, 5.41) is 6.54. The molecule has 0 spiro atoms. The van der Waals surface area contributed by atoms with Crippen LogP contribution in [0.1, 0.15) is 39.5 Å². The zero-order chi connectivity index (χ0) is 13.0. The lowest BCUT2D eigenvalue weighted by molar-refractivity contribution is -0.125. The van der Waals surface area contributed by atoms with Crippen LogP contribution in [0.5, 0.6) is 0 Å². The van der Waals surface area contributed by atoms with Crippen LogP contribution >= 0.6 is 0 Å². The Labute approximate surface area is 110 Å². The van der Waals surface area contributed by atoms with Gasteiger partial charge in [-0.1, -0.05) is 13.8 Å². The molecule has 4 heteroatoms. The molecular weight excluding hydrogens is 228 g/mol. The van der Waals surface area contributed by atoms with E-state index in [-0.39, 0.29) is 11.8 Å². The predicted molar refractivity (Wildman–Crippen MR) is 71.3 cm³/mol. The molecule has 2 N–H and O–H groups in total. The van der Waals surface area contributed by atoms with Gasteiger partial charge >= 0.3 is 0 Å². The van der Waals surface area contributed by atoms with Crippen molar-refractivity contribution in [2.45, 2.75) is 51.6 Å². The minimum atomic E-state index is 0.209. The lowest BCUT2D eigenvalue weighted by Crippen LogP contribution is -2.38. The second-order valence-corrected chi connectivity index (χ2v) is 6.00. The molecule has 0 aromatic heterocycles. The van der Waals surface area contributed by atoms with Gasteiger partial charge in [0.05, 0.1) is 5.92 Å². The van der Waals surface area contributed by atoms with Gasteiger partial charge in [0.2, 0.25) is 5.91 Å². The third-order valence-corrected chi connectivity index (χ3v) is 3.85. The molecule has 104 valence electrons. The molecular formula is C14H26N2O2. The molecule has 2 rings (SSSR count). The Morgan fingerprint density at radius 3 is 2.89 bits per heavy atom. The molecule has 2 bridgehead atoms. The summed E-state index contributed by atoms with van der Waals surface area (Å²) in [6.07, 6.45) is 4.35. The number of carbonyl (C=O) groups is 1. The van der Waals surface area contributed by atoms with Gasteiger partial charge in [-0.15, -0.1) is 0 Å². The fourth-order valence-corrected chi connectivity index (χ4v) is 2.95. The lowest BCUT2D eigenvalue weighted by Gasteiger charge is -2.19. The number of hydrogen-bond donors (Lipinski definition) is 2. The van der Waals surface area contributed by atoms with Gasteiger partial charge in [0, 0.05) is 31.8 Å². The van der Waals surface area contributed by atoms with Crippen LogP contribution in [0.4, 0.5) is 0 Å². The maximum atomic E-state index is 12.0. The van der Waals surface area contributed by atoms with Crippen LogP contribution in [0.25, 0.3) is 0 Å². The highest BCUT2D eigenvalue weighted by Gasteiger charge is 2.42. The number of rotatable bonds is 7. The highest BCUT2D eigenvalue weighted by atomic mass is 16.5. The standard InChI is InChI=1S/C14H26N2O2/c1-10(2)9-18-7-3-6-15-14(17)12-8-11-4-5-13(12)16-11/h10-13,16H,3-9H2,1-2H3,(H,15,17). The van der Waals surface area contributed by atoms with Crippen LogP contribution in [-0.2, 0) is 9.53 Å². The molecule has 2 saturated heterocycles. The average molecular weight is 254 g/mol. The Bertz CT molecular complexity index is 281. The van der Waals surface area contributed by atoms with Gasteiger partial charge in [-0.05, 0) is 31.6 Å². The largest absolute Gasteiger partial charge is 0.381 e. The van der Waals surface area contributed by atoms with E-state index in [2.05, 4.69) is 24.5 Å². The molecule has 2 aliphatic heterocycles. The molecule has 1 amide bonds. The van der Waals surface area contributed by atoms with Crippen LogP contribution in [0.15, 0.2) is 0 Å². The Balaban J connectivity index is 1.53. The van der Waals surface area contributed by atoms with E-state index >= 15 is 0 Å². The van der Waals surface area contributed by atoms with Crippen molar-refractivity contribution < 1.29 is 9.53 Å². The highest BCUT2D eigenvalue weighted by molar-refractivity contribution is 5.80. The number of nitrogens with one attached hydrogen (secondary N) is 2. The minimum absolute atomic E-state index is 0.209. The molecule has 0 aromatic rings. The van der Waals surface area contributed by atoms with Crippen LogP contribution in [-0.4, -0.2) is 37.7 Å². The van der Waals surface area contributed by atoms with Crippen molar-refractivity contribution in [2.24, 2.45) is 11.8 Å². The van der Waals surface area contributed by atoms with Crippen LogP contribution in [0, 0.1) is 11.8 Å². The van der Waals surface area contributed by atoms with E-state index < -0.39 is 0 Å². The first kappa shape index (κ1) is 13.8. The zero-order valence-corrected chi connectivity index (χ0v) is 11.6. The van der Waals surface area contributed by atoms with Crippen LogP contribution < -0.4 is 10.6 Å². The molecule has 0 saturated carbocycles. The number of hydrogen-bond acceptors (Lipinski definition) is 3. The summed E-state index contributed by atoms with van der Waals surface area (Å²) >= 11 is 0. The molecule has 0 aromatic carbocycles. The maximum absolute atomic E-state index is 12.0. The summed E-state index contributed by atoms with van der Waals surface area (Å²) in [5.74, 6) is 1.03. The van der Waals surface area contributed by atoms with E-state index in [1.807, 2.05) is 0 Å². The van der Waals surface area contributed by atoms with Crippen molar-refractivity contribution in [3.05, 3.63) is 0 Å². The second kappa shape index (κ2) is 6.53. The molecule has 3 atom stereocenters. The minimum Gasteiger partial charge on any atom is -0.381 e. The number of carbonyl (C=O) groups excluding carboxylic acids is 1. The van der Waals surface area contributed by atoms with Crippen LogP contribution in [0.2, 0.25) is 0 Å². The van der Waals surface area contributed by atoms with Gasteiger partial charge in [0.15, 0.2) is 0 Å². The Morgan fingerprint density at radius 2 is 2.28 bits per heavy atom. The molecule has 2 fully saturated rings. The summed E-state index contributed by atoms with van der Waals surface area (Å²) < 4.78 is 5.49. The first-order valence-corrected chi connectivity index (χ1v) is 7.28. The van der Waals surface area contributed by atoms with Crippen molar-refractivity contribution in [1.82, 2.24) is 10.6 Å². The topological polar surface area (TPSA) is 50.4 Å². The van der Waals surface area contributed by atoms with Crippen molar-refractivity contribution in [2.75, 3.05) is 19.8 Å². The van der Waals surface area contributed by atoms with Gasteiger partial charge in [-0.2, -0.15) is 0 Å². The first-order chi connectivity index (χ1) is 8.66. The molecule has 0 aliphatic carbocycles. The van der Waals surface area contributed by atoms with Gasteiger partial charge in [0.1, 0.15) is 0 Å². The summed E-state index contributed by atoms with van der Waals surface area (Å²) in [7, 11) is 0. The fraction of sp³-hybridized carbons (Fsp3) is 0.929. The molecule has 0 radical (unpaired) electrons. The fourth-order valence-electron chi connectivity index (χ4n) is 2.95. The lowest BCUT2D eigenvalue weighted by atomic mass is 9.88. The second-order valence-electron chi connectivity index (χ2n) is 6.00. The highest BCUT2D eigenvalue weighted by Crippen LogP contribution is 2.33. The predicted octanol–water partition coefficient (Wildman–Crippen LogP) is 1.31. The van der Waals surface area contributed by atoms with Crippen molar-refractivity contribution in [1.29, 1.82) is 0 Å². The molecule has 2 aliphatic rings. The van der Waals surface area contributed by atoms with Crippen LogP contribution in [0.3, 0.4) is 0 Å². The zero-order valence-electron chi connectivity index (χ0n) is 11.6. The summed E-state index contributed by atoms with van der Waals surface area (Å²) in [4.78, 5) is 12.0. The molecule has 2 heterocycles. The van der Waals surface area contributed by atoms with Gasteiger partial charge in [0.25, 0.3) is 0 Å². The Hall–Kier alpha value is -0.610. The van der Waals surface area contributed by atoms with Gasteiger partial charge in [-0.25, -0.2) is 0 Å². The molecule has 18 heavy (non-hydrogen) atoms. The van der Waals surface area contributed by atoms with E-state index in [9.17, 15) is 4.79 Å². The number of fused-ring (bicyclic) bond motifs is 2. The Kier molecular flexibility index (Phi) is 5.01. The third-order valence-electron chi connectivity index (χ3n) is 3.85. The molecule has 3 unspecified atom stereocenters. The van der Waals surface area contributed by atoms with Crippen molar-refractivity contribution in [3.8, 4) is 0 Å². The Morgan fingerprint density at radius 1 is 1.44 bits per heavy atom. The number of ether oxygens (including phenoxy) is 1. The number of amides is 1. The van der Waals surface area contributed by atoms with Crippen molar-refractivity contribution >= 4 is 5.91 Å². The van der Waals surface area contributed by atoms with Gasteiger partial charge < -0.3 is 15.4 Å². The summed E-state index contributed by atoms with van der Waals surface area (Å²) in [6.45, 7) is 6.58. The maximum Gasteiger partial charge on any atom is 0.224 e. The summed E-state index contributed by atoms with van der Waals surface area (Å²) in [6, 6.07) is 1.03. The van der Waals surface area contributed by atoms with E-state index in [1.165, 1.54) is 12.8 Å². The smallest absolute Gasteiger partial charge is 0.224 e. The van der Waals surface area contributed by atoms with E-state index in [4.69, 9.17) is 4.74 Å².